The van der Waals surface area contributed by atoms with Gasteiger partial charge >= 0.3 is 10.4 Å². The van der Waals surface area contributed by atoms with E-state index in [1.165, 1.54) is 62.5 Å². The van der Waals surface area contributed by atoms with Crippen LogP contribution in [0.4, 0.5) is 0 Å². The zero-order chi connectivity index (χ0) is 22.4. The molecule has 31 heavy (non-hydrogen) atoms. The first kappa shape index (κ1) is 26.3. The van der Waals surface area contributed by atoms with Gasteiger partial charge in [0.15, 0.2) is 0 Å². The fraction of sp³-hybridized carbons (Fsp3) is 0.750. The van der Waals surface area contributed by atoms with Crippen LogP contribution in [-0.2, 0) is 32.3 Å². The van der Waals surface area contributed by atoms with Crippen LogP contribution in [0.3, 0.4) is 0 Å². The van der Waals surface area contributed by atoms with E-state index < -0.39 is 10.4 Å². The number of ether oxygens (including phenoxy) is 1. The molecule has 1 unspecified atom stereocenters. The van der Waals surface area contributed by atoms with Crippen molar-refractivity contribution in [1.82, 2.24) is 4.90 Å². The third-order valence-corrected chi connectivity index (χ3v) is 6.47. The minimum Gasteiger partial charge on any atom is -0.380 e. The van der Waals surface area contributed by atoms with E-state index in [0.29, 0.717) is 13.2 Å². The Balaban J connectivity index is 1.65. The molecule has 1 aliphatic heterocycles. The summed E-state index contributed by atoms with van der Waals surface area (Å²) in [5.74, 6) is 0. The zero-order valence-electron chi connectivity index (χ0n) is 19.1. The van der Waals surface area contributed by atoms with Crippen LogP contribution in [0.15, 0.2) is 24.3 Å². The molecule has 0 aromatic heterocycles. The summed E-state index contributed by atoms with van der Waals surface area (Å²) in [6.07, 6.45) is 13.7. The molecule has 0 spiro atoms. The van der Waals surface area contributed by atoms with Gasteiger partial charge in [-0.1, -0.05) is 89.0 Å². The van der Waals surface area contributed by atoms with E-state index >= 15 is 0 Å². The molecule has 1 aliphatic rings. The van der Waals surface area contributed by atoms with Gasteiger partial charge in [-0.25, -0.2) is 4.18 Å². The lowest BCUT2D eigenvalue weighted by Gasteiger charge is -2.35. The molecule has 1 atom stereocenters. The van der Waals surface area contributed by atoms with Gasteiger partial charge in [-0.3, -0.25) is 9.45 Å². The molecule has 1 N–H and O–H groups in total. The number of hydrogen-bond donors (Lipinski definition) is 1. The zero-order valence-corrected chi connectivity index (χ0v) is 20.0. The van der Waals surface area contributed by atoms with Crippen molar-refractivity contribution in [3.63, 3.8) is 0 Å². The van der Waals surface area contributed by atoms with Crippen molar-refractivity contribution >= 4 is 10.4 Å². The summed E-state index contributed by atoms with van der Waals surface area (Å²) in [4.78, 5) is 2.19. The van der Waals surface area contributed by atoms with Gasteiger partial charge in [0.1, 0.15) is 0 Å². The average Bonchev–Trinajstić information content (AvgIpc) is 2.75. The minimum absolute atomic E-state index is 0.0982. The highest BCUT2D eigenvalue weighted by Crippen LogP contribution is 2.21. The summed E-state index contributed by atoms with van der Waals surface area (Å²) >= 11 is 0. The van der Waals surface area contributed by atoms with Crippen molar-refractivity contribution in [2.45, 2.75) is 90.1 Å². The smallest absolute Gasteiger partial charge is 0.380 e. The molecule has 7 heteroatoms. The molecular formula is C24H41NO5S. The Hall–Kier alpha value is -0.990. The quantitative estimate of drug-likeness (QED) is 0.258. The number of rotatable bonds is 17. The monoisotopic (exact) mass is 455 g/mol. The molecule has 1 heterocycles. The van der Waals surface area contributed by atoms with Crippen molar-refractivity contribution in [2.24, 2.45) is 0 Å². The number of unbranched alkanes of at least 4 members (excludes halogenated alkanes) is 9. The van der Waals surface area contributed by atoms with Crippen molar-refractivity contribution in [3.05, 3.63) is 35.4 Å². The van der Waals surface area contributed by atoms with Gasteiger partial charge < -0.3 is 4.74 Å². The van der Waals surface area contributed by atoms with Crippen molar-refractivity contribution in [1.29, 1.82) is 0 Å². The molecule has 1 aromatic carbocycles. The summed E-state index contributed by atoms with van der Waals surface area (Å²) < 4.78 is 41.7. The van der Waals surface area contributed by atoms with Crippen LogP contribution in [0.2, 0.25) is 0 Å². The fourth-order valence-electron chi connectivity index (χ4n) is 4.16. The molecule has 0 saturated heterocycles. The molecule has 6 nitrogen and oxygen atoms in total. The van der Waals surface area contributed by atoms with Gasteiger partial charge in [0.05, 0.1) is 19.3 Å². The highest BCUT2D eigenvalue weighted by atomic mass is 32.3. The SMILES string of the molecule is CCCCCCCCCCCCOCC(COS(=O)(=O)O)N1CCc2ccccc2C1. The standard InChI is InChI=1S/C24H41NO5S/c1-2-3-4-5-6-7-8-9-10-13-18-29-20-24(21-30-31(26,27)28)25-17-16-22-14-11-12-15-23(22)19-25/h11-12,14-15,24H,2-10,13,16-21H2,1H3,(H,26,27,28). The van der Waals surface area contributed by atoms with Crippen LogP contribution in [0.25, 0.3) is 0 Å². The molecule has 0 amide bonds. The molecule has 1 aromatic rings. The summed E-state index contributed by atoms with van der Waals surface area (Å²) in [5.41, 5.74) is 2.58. The van der Waals surface area contributed by atoms with Crippen molar-refractivity contribution < 1.29 is 21.9 Å². The highest BCUT2D eigenvalue weighted by Gasteiger charge is 2.25. The van der Waals surface area contributed by atoms with Crippen molar-refractivity contribution in [3.8, 4) is 0 Å². The van der Waals surface area contributed by atoms with E-state index in [-0.39, 0.29) is 12.6 Å². The largest absolute Gasteiger partial charge is 0.397 e. The van der Waals surface area contributed by atoms with E-state index in [0.717, 1.165) is 32.4 Å². The molecule has 0 aliphatic carbocycles. The second kappa shape index (κ2) is 15.0. The van der Waals surface area contributed by atoms with Gasteiger partial charge in [0, 0.05) is 19.7 Å². The lowest BCUT2D eigenvalue weighted by molar-refractivity contribution is 0.0279. The maximum Gasteiger partial charge on any atom is 0.397 e. The Kier molecular flexibility index (Phi) is 12.7. The maximum atomic E-state index is 11.1. The van der Waals surface area contributed by atoms with Gasteiger partial charge in [-0.2, -0.15) is 8.42 Å². The summed E-state index contributed by atoms with van der Waals surface area (Å²) in [6, 6.07) is 8.10. The Morgan fingerprint density at radius 1 is 0.935 bits per heavy atom. The molecule has 2 rings (SSSR count). The summed E-state index contributed by atoms with van der Waals surface area (Å²) in [6.45, 7) is 4.77. The van der Waals surface area contributed by atoms with E-state index in [2.05, 4.69) is 24.0 Å². The van der Waals surface area contributed by atoms with E-state index in [1.54, 1.807) is 0 Å². The molecule has 0 fully saturated rings. The number of nitrogens with zero attached hydrogens (tertiary/aromatic N) is 1. The normalized spacial score (nSPS) is 15.7. The third kappa shape index (κ3) is 11.4. The average molecular weight is 456 g/mol. The predicted molar refractivity (Wildman–Crippen MR) is 125 cm³/mol. The van der Waals surface area contributed by atoms with E-state index in [4.69, 9.17) is 13.5 Å². The molecular weight excluding hydrogens is 414 g/mol. The van der Waals surface area contributed by atoms with E-state index in [1.807, 2.05) is 12.1 Å². The second-order valence-electron chi connectivity index (χ2n) is 8.61. The number of benzene rings is 1. The lowest BCUT2D eigenvalue weighted by Crippen LogP contribution is -2.45. The van der Waals surface area contributed by atoms with Gasteiger partial charge in [0.2, 0.25) is 0 Å². The Morgan fingerprint density at radius 2 is 1.55 bits per heavy atom. The highest BCUT2D eigenvalue weighted by molar-refractivity contribution is 7.80. The minimum atomic E-state index is -4.46. The summed E-state index contributed by atoms with van der Waals surface area (Å²) in [7, 11) is -4.46. The first-order valence-corrected chi connectivity index (χ1v) is 13.4. The van der Waals surface area contributed by atoms with Crippen LogP contribution in [0.1, 0.15) is 82.3 Å². The summed E-state index contributed by atoms with van der Waals surface area (Å²) in [5, 5.41) is 0. The molecule has 0 saturated carbocycles. The topological polar surface area (TPSA) is 76.1 Å². The van der Waals surface area contributed by atoms with Crippen LogP contribution < -0.4 is 0 Å². The second-order valence-corrected chi connectivity index (χ2v) is 9.70. The van der Waals surface area contributed by atoms with Crippen molar-refractivity contribution in [2.75, 3.05) is 26.4 Å². The maximum absolute atomic E-state index is 11.1. The molecule has 0 bridgehead atoms. The van der Waals surface area contributed by atoms with Crippen LogP contribution in [-0.4, -0.2) is 50.3 Å². The number of hydrogen-bond acceptors (Lipinski definition) is 5. The Morgan fingerprint density at radius 3 is 2.19 bits per heavy atom. The Labute approximate surface area is 189 Å². The van der Waals surface area contributed by atoms with Gasteiger partial charge in [0.25, 0.3) is 0 Å². The third-order valence-electron chi connectivity index (χ3n) is 6.04. The van der Waals surface area contributed by atoms with Gasteiger partial charge in [-0.15, -0.1) is 0 Å². The van der Waals surface area contributed by atoms with E-state index in [9.17, 15) is 8.42 Å². The van der Waals surface area contributed by atoms with Crippen LogP contribution in [0, 0.1) is 0 Å². The first-order valence-electron chi connectivity index (χ1n) is 12.0. The van der Waals surface area contributed by atoms with Gasteiger partial charge in [-0.05, 0) is 24.0 Å². The molecule has 0 radical (unpaired) electrons. The fourth-order valence-corrected chi connectivity index (χ4v) is 4.49. The van der Waals surface area contributed by atoms with Crippen LogP contribution in [0.5, 0.6) is 0 Å². The Bertz CT molecular complexity index is 710. The van der Waals surface area contributed by atoms with Crippen LogP contribution >= 0.6 is 0 Å². The first-order chi connectivity index (χ1) is 15.0. The molecule has 178 valence electrons. The number of fused-ring (bicyclic) bond motifs is 1. The predicted octanol–water partition coefficient (Wildman–Crippen LogP) is 5.17. The lowest BCUT2D eigenvalue weighted by atomic mass is 9.99.